The molecular formula is C20H23ClN8O. The van der Waals surface area contributed by atoms with Gasteiger partial charge in [-0.25, -0.2) is 9.97 Å². The third-order valence-electron chi connectivity index (χ3n) is 5.08. The first-order chi connectivity index (χ1) is 14.4. The first kappa shape index (κ1) is 20.1. The van der Waals surface area contributed by atoms with Crippen LogP contribution in [0.2, 0.25) is 5.15 Å². The molecule has 0 unspecified atom stereocenters. The van der Waals surface area contributed by atoms with Crippen molar-refractivity contribution in [1.82, 2.24) is 24.7 Å². The van der Waals surface area contributed by atoms with Gasteiger partial charge >= 0.3 is 0 Å². The zero-order valence-corrected chi connectivity index (χ0v) is 17.8. The van der Waals surface area contributed by atoms with E-state index in [1.54, 1.807) is 18.5 Å². The fraction of sp³-hybridized carbons (Fsp3) is 0.350. The smallest absolute Gasteiger partial charge is 0.247 e. The Kier molecular flexibility index (Phi) is 5.54. The van der Waals surface area contributed by atoms with Crippen molar-refractivity contribution in [3.63, 3.8) is 0 Å². The van der Waals surface area contributed by atoms with Gasteiger partial charge < -0.3 is 15.5 Å². The number of carbonyl (C=O) groups excluding carboxylic acids is 1. The van der Waals surface area contributed by atoms with E-state index in [2.05, 4.69) is 30.7 Å². The summed E-state index contributed by atoms with van der Waals surface area (Å²) < 4.78 is 1.84. The van der Waals surface area contributed by atoms with Crippen molar-refractivity contribution < 1.29 is 4.79 Å². The van der Waals surface area contributed by atoms with Crippen LogP contribution in [0.1, 0.15) is 30.2 Å². The van der Waals surface area contributed by atoms with E-state index in [1.807, 2.05) is 42.7 Å². The van der Waals surface area contributed by atoms with Crippen LogP contribution in [0.25, 0.3) is 0 Å². The zero-order chi connectivity index (χ0) is 21.3. The zero-order valence-electron chi connectivity index (χ0n) is 17.1. The molecule has 0 radical (unpaired) electrons. The second kappa shape index (κ2) is 8.27. The van der Waals surface area contributed by atoms with Crippen LogP contribution < -0.4 is 15.5 Å². The SMILES string of the molecule is CC[C@H]1C(=O)Nc2c(C)nc(NCc3cnn(Cc4ccc(Cl)nc4)c3)nc2N1C. The van der Waals surface area contributed by atoms with Crippen molar-refractivity contribution in [3.8, 4) is 0 Å². The third kappa shape index (κ3) is 4.06. The summed E-state index contributed by atoms with van der Waals surface area (Å²) in [6, 6.07) is 3.46. The maximum absolute atomic E-state index is 12.3. The van der Waals surface area contributed by atoms with E-state index in [1.165, 1.54) is 0 Å². The van der Waals surface area contributed by atoms with Gasteiger partial charge in [0.05, 0.1) is 18.4 Å². The van der Waals surface area contributed by atoms with Crippen LogP contribution in [-0.2, 0) is 17.9 Å². The molecule has 0 bridgehead atoms. The Morgan fingerprint density at radius 3 is 2.80 bits per heavy atom. The molecule has 0 aromatic carbocycles. The molecule has 3 aromatic heterocycles. The summed E-state index contributed by atoms with van der Waals surface area (Å²) in [4.78, 5) is 27.4. The molecule has 4 heterocycles. The molecule has 0 spiro atoms. The van der Waals surface area contributed by atoms with Crippen LogP contribution >= 0.6 is 11.6 Å². The van der Waals surface area contributed by atoms with Crippen LogP contribution in [0, 0.1) is 6.92 Å². The van der Waals surface area contributed by atoms with Crippen molar-refractivity contribution >= 4 is 35.0 Å². The number of nitrogens with zero attached hydrogens (tertiary/aromatic N) is 6. The van der Waals surface area contributed by atoms with Crippen molar-refractivity contribution in [2.75, 3.05) is 22.6 Å². The van der Waals surface area contributed by atoms with Gasteiger partial charge in [-0.2, -0.15) is 10.1 Å². The molecule has 0 aliphatic carbocycles. The van der Waals surface area contributed by atoms with E-state index in [4.69, 9.17) is 11.6 Å². The highest BCUT2D eigenvalue weighted by Crippen LogP contribution is 2.32. The fourth-order valence-corrected chi connectivity index (χ4v) is 3.59. The van der Waals surface area contributed by atoms with Gasteiger partial charge in [0.15, 0.2) is 5.82 Å². The second-order valence-electron chi connectivity index (χ2n) is 7.24. The average molecular weight is 427 g/mol. The second-order valence-corrected chi connectivity index (χ2v) is 7.63. The lowest BCUT2D eigenvalue weighted by Gasteiger charge is -2.34. The molecule has 2 N–H and O–H groups in total. The Labute approximate surface area is 179 Å². The minimum absolute atomic E-state index is 0.0248. The molecule has 1 aliphatic rings. The third-order valence-corrected chi connectivity index (χ3v) is 5.30. The van der Waals surface area contributed by atoms with Crippen LogP contribution in [0.5, 0.6) is 0 Å². The Morgan fingerprint density at radius 2 is 2.07 bits per heavy atom. The van der Waals surface area contributed by atoms with Crippen molar-refractivity contribution in [2.45, 2.75) is 39.4 Å². The number of anilines is 3. The molecule has 0 saturated carbocycles. The molecule has 1 aliphatic heterocycles. The largest absolute Gasteiger partial charge is 0.350 e. The molecule has 1 atom stereocenters. The quantitative estimate of drug-likeness (QED) is 0.584. The van der Waals surface area contributed by atoms with Gasteiger partial charge in [-0.05, 0) is 25.0 Å². The number of carbonyl (C=O) groups is 1. The Balaban J connectivity index is 1.45. The summed E-state index contributed by atoms with van der Waals surface area (Å²) in [5, 5.41) is 11.1. The number of aryl methyl sites for hydroxylation is 1. The van der Waals surface area contributed by atoms with Crippen molar-refractivity contribution in [1.29, 1.82) is 0 Å². The number of rotatable bonds is 6. The molecule has 3 aromatic rings. The number of hydrogen-bond acceptors (Lipinski definition) is 7. The lowest BCUT2D eigenvalue weighted by Crippen LogP contribution is -2.46. The molecule has 4 rings (SSSR count). The highest BCUT2D eigenvalue weighted by Gasteiger charge is 2.32. The van der Waals surface area contributed by atoms with E-state index < -0.39 is 0 Å². The number of nitrogens with one attached hydrogen (secondary N) is 2. The van der Waals surface area contributed by atoms with Crippen LogP contribution in [0.15, 0.2) is 30.7 Å². The number of amides is 1. The maximum atomic E-state index is 12.3. The first-order valence-electron chi connectivity index (χ1n) is 9.72. The predicted octanol–water partition coefficient (Wildman–Crippen LogP) is 2.86. The van der Waals surface area contributed by atoms with Gasteiger partial charge in [-0.15, -0.1) is 0 Å². The number of pyridine rings is 1. The first-order valence-corrected chi connectivity index (χ1v) is 10.1. The van der Waals surface area contributed by atoms with Gasteiger partial charge in [0.25, 0.3) is 0 Å². The van der Waals surface area contributed by atoms with E-state index in [-0.39, 0.29) is 11.9 Å². The van der Waals surface area contributed by atoms with Crippen molar-refractivity contribution in [2.24, 2.45) is 0 Å². The molecule has 1 amide bonds. The van der Waals surface area contributed by atoms with E-state index >= 15 is 0 Å². The Hall–Kier alpha value is -3.20. The highest BCUT2D eigenvalue weighted by molar-refractivity contribution is 6.29. The minimum Gasteiger partial charge on any atom is -0.350 e. The van der Waals surface area contributed by atoms with Crippen molar-refractivity contribution in [3.05, 3.63) is 52.7 Å². The summed E-state index contributed by atoms with van der Waals surface area (Å²) >= 11 is 5.83. The molecule has 156 valence electrons. The fourth-order valence-electron chi connectivity index (χ4n) is 3.48. The topological polar surface area (TPSA) is 101 Å². The number of likely N-dealkylation sites (N-methyl/N-ethyl adjacent to an activating group) is 1. The Bertz CT molecular complexity index is 1070. The highest BCUT2D eigenvalue weighted by atomic mass is 35.5. The minimum atomic E-state index is -0.236. The van der Waals surface area contributed by atoms with Gasteiger partial charge in [-0.1, -0.05) is 24.6 Å². The number of aromatic nitrogens is 5. The van der Waals surface area contributed by atoms with Crippen LogP contribution in [0.4, 0.5) is 17.5 Å². The summed E-state index contributed by atoms with van der Waals surface area (Å²) in [7, 11) is 1.89. The van der Waals surface area contributed by atoms with Gasteiger partial charge in [0.1, 0.15) is 16.9 Å². The van der Waals surface area contributed by atoms with E-state index in [0.717, 1.165) is 22.6 Å². The van der Waals surface area contributed by atoms with E-state index in [9.17, 15) is 4.79 Å². The van der Waals surface area contributed by atoms with Crippen LogP contribution in [-0.4, -0.2) is 43.7 Å². The Morgan fingerprint density at radius 1 is 1.23 bits per heavy atom. The normalized spacial score (nSPS) is 15.7. The molecule has 10 heteroatoms. The molecule has 9 nitrogen and oxygen atoms in total. The van der Waals surface area contributed by atoms with Gasteiger partial charge in [0.2, 0.25) is 11.9 Å². The van der Waals surface area contributed by atoms with Gasteiger partial charge in [-0.3, -0.25) is 9.48 Å². The standard InChI is InChI=1S/C20H23ClN8O/c1-4-15-19(30)26-17-12(2)25-20(27-18(17)28(15)3)23-8-14-9-24-29(11-14)10-13-5-6-16(21)22-7-13/h5-7,9,11,15H,4,8,10H2,1-3H3,(H,26,30)(H,23,25,27)/t15-/m0/s1. The maximum Gasteiger partial charge on any atom is 0.247 e. The number of halogens is 1. The molecule has 0 fully saturated rings. The lowest BCUT2D eigenvalue weighted by atomic mass is 10.1. The average Bonchev–Trinajstić information content (AvgIpc) is 3.17. The molecule has 30 heavy (non-hydrogen) atoms. The summed E-state index contributed by atoms with van der Waals surface area (Å²) in [6.45, 7) is 4.99. The monoisotopic (exact) mass is 426 g/mol. The van der Waals surface area contributed by atoms with Crippen LogP contribution in [0.3, 0.4) is 0 Å². The predicted molar refractivity (Wildman–Crippen MR) is 116 cm³/mol. The summed E-state index contributed by atoms with van der Waals surface area (Å²) in [5.74, 6) is 1.21. The molecule has 0 saturated heterocycles. The van der Waals surface area contributed by atoms with Gasteiger partial charge in [0, 0.05) is 31.5 Å². The summed E-state index contributed by atoms with van der Waals surface area (Å²) in [6.07, 6.45) is 6.22. The van der Waals surface area contributed by atoms with E-state index in [0.29, 0.717) is 36.3 Å². The lowest BCUT2D eigenvalue weighted by molar-refractivity contribution is -0.117. The number of fused-ring (bicyclic) bond motifs is 1. The molecular weight excluding hydrogens is 404 g/mol. The number of hydrogen-bond donors (Lipinski definition) is 2. The summed E-state index contributed by atoms with van der Waals surface area (Å²) in [5.41, 5.74) is 3.42.